The maximum Gasteiger partial charge on any atom is 0.341 e. The average molecular weight is 348 g/mol. The van der Waals surface area contributed by atoms with Crippen LogP contribution in [-0.2, 0) is 11.3 Å². The van der Waals surface area contributed by atoms with Crippen LogP contribution in [0.3, 0.4) is 0 Å². The number of carbonyl (C=O) groups excluding carboxylic acids is 1. The molecule has 0 aliphatic heterocycles. The standard InChI is InChI=1S/C16H14F2N4O3/c1-2-24-16(23)11-8-19-22(13(11)14(17)18)9-12-20-21-15(25-12)10-6-4-3-5-7-10/h3-8,14H,2,9H2,1H3. The van der Waals surface area contributed by atoms with Crippen LogP contribution in [0.4, 0.5) is 8.78 Å². The maximum absolute atomic E-state index is 13.4. The van der Waals surface area contributed by atoms with E-state index in [1.165, 1.54) is 0 Å². The van der Waals surface area contributed by atoms with Crippen LogP contribution in [0.1, 0.15) is 35.3 Å². The van der Waals surface area contributed by atoms with Crippen molar-refractivity contribution in [3.8, 4) is 11.5 Å². The van der Waals surface area contributed by atoms with Crippen molar-refractivity contribution in [3.63, 3.8) is 0 Å². The molecule has 3 aromatic rings. The molecule has 9 heteroatoms. The lowest BCUT2D eigenvalue weighted by Gasteiger charge is -2.06. The van der Waals surface area contributed by atoms with E-state index in [0.29, 0.717) is 5.56 Å². The summed E-state index contributed by atoms with van der Waals surface area (Å²) >= 11 is 0. The molecule has 0 aliphatic carbocycles. The minimum atomic E-state index is -2.90. The van der Waals surface area contributed by atoms with E-state index in [2.05, 4.69) is 15.3 Å². The first-order chi connectivity index (χ1) is 12.1. The predicted molar refractivity (Wildman–Crippen MR) is 82.0 cm³/mol. The zero-order valence-electron chi connectivity index (χ0n) is 13.2. The third-order valence-electron chi connectivity index (χ3n) is 3.35. The summed E-state index contributed by atoms with van der Waals surface area (Å²) in [5, 5.41) is 11.6. The Bertz CT molecular complexity index is 861. The molecule has 0 radical (unpaired) electrons. The van der Waals surface area contributed by atoms with Crippen molar-refractivity contribution in [1.82, 2.24) is 20.0 Å². The van der Waals surface area contributed by atoms with Crippen molar-refractivity contribution >= 4 is 5.97 Å². The van der Waals surface area contributed by atoms with Crippen LogP contribution in [0, 0.1) is 0 Å². The van der Waals surface area contributed by atoms with Crippen molar-refractivity contribution in [1.29, 1.82) is 0 Å². The van der Waals surface area contributed by atoms with E-state index in [0.717, 1.165) is 10.9 Å². The zero-order chi connectivity index (χ0) is 17.8. The quantitative estimate of drug-likeness (QED) is 0.637. The third-order valence-corrected chi connectivity index (χ3v) is 3.35. The highest BCUT2D eigenvalue weighted by Gasteiger charge is 2.26. The Hall–Kier alpha value is -3.10. The second-order valence-corrected chi connectivity index (χ2v) is 4.99. The number of nitrogens with zero attached hydrogens (tertiary/aromatic N) is 4. The van der Waals surface area contributed by atoms with E-state index >= 15 is 0 Å². The fourth-order valence-corrected chi connectivity index (χ4v) is 2.26. The molecule has 0 spiro atoms. The highest BCUT2D eigenvalue weighted by Crippen LogP contribution is 2.25. The van der Waals surface area contributed by atoms with Crippen LogP contribution in [0.2, 0.25) is 0 Å². The van der Waals surface area contributed by atoms with Gasteiger partial charge in [0.05, 0.1) is 12.8 Å². The number of carbonyl (C=O) groups is 1. The number of benzene rings is 1. The van der Waals surface area contributed by atoms with Gasteiger partial charge >= 0.3 is 5.97 Å². The van der Waals surface area contributed by atoms with Gasteiger partial charge in [-0.15, -0.1) is 10.2 Å². The van der Waals surface area contributed by atoms with E-state index in [-0.39, 0.29) is 30.5 Å². The summed E-state index contributed by atoms with van der Waals surface area (Å²) in [5.74, 6) is -0.481. The van der Waals surface area contributed by atoms with Gasteiger partial charge in [0, 0.05) is 5.56 Å². The number of hydrogen-bond acceptors (Lipinski definition) is 6. The minimum Gasteiger partial charge on any atom is -0.462 e. The summed E-state index contributed by atoms with van der Waals surface area (Å²) in [6, 6.07) is 9.04. The second-order valence-electron chi connectivity index (χ2n) is 4.99. The van der Waals surface area contributed by atoms with Gasteiger partial charge in [-0.25, -0.2) is 13.6 Å². The molecule has 2 heterocycles. The number of alkyl halides is 2. The van der Waals surface area contributed by atoms with Gasteiger partial charge in [0.25, 0.3) is 6.43 Å². The third kappa shape index (κ3) is 3.54. The summed E-state index contributed by atoms with van der Waals surface area (Å²) in [4.78, 5) is 11.8. The molecule has 25 heavy (non-hydrogen) atoms. The topological polar surface area (TPSA) is 83.0 Å². The molecule has 0 N–H and O–H groups in total. The van der Waals surface area contributed by atoms with Crippen LogP contribution < -0.4 is 0 Å². The Morgan fingerprint density at radius 3 is 2.72 bits per heavy atom. The monoisotopic (exact) mass is 348 g/mol. The molecule has 0 amide bonds. The predicted octanol–water partition coefficient (Wildman–Crippen LogP) is 3.10. The smallest absolute Gasteiger partial charge is 0.341 e. The molecular weight excluding hydrogens is 334 g/mol. The number of hydrogen-bond donors (Lipinski definition) is 0. The molecule has 3 rings (SSSR count). The summed E-state index contributed by atoms with van der Waals surface area (Å²) in [7, 11) is 0. The molecule has 7 nitrogen and oxygen atoms in total. The van der Waals surface area contributed by atoms with Crippen molar-refractivity contribution in [2.45, 2.75) is 19.9 Å². The Balaban J connectivity index is 1.86. The lowest BCUT2D eigenvalue weighted by Crippen LogP contribution is -2.12. The van der Waals surface area contributed by atoms with Crippen molar-refractivity contribution in [2.24, 2.45) is 0 Å². The summed E-state index contributed by atoms with van der Waals surface area (Å²) in [6.45, 7) is 1.49. The molecule has 1 aromatic carbocycles. The molecule has 0 atom stereocenters. The molecule has 0 aliphatic rings. The number of esters is 1. The van der Waals surface area contributed by atoms with Crippen LogP contribution in [0.15, 0.2) is 40.9 Å². The second kappa shape index (κ2) is 7.20. The normalized spacial score (nSPS) is 11.0. The summed E-state index contributed by atoms with van der Waals surface area (Å²) in [6.07, 6.45) is -1.85. The average Bonchev–Trinajstić information content (AvgIpc) is 3.23. The van der Waals surface area contributed by atoms with Gasteiger partial charge in [0.1, 0.15) is 17.8 Å². The first-order valence-corrected chi connectivity index (χ1v) is 7.49. The maximum atomic E-state index is 13.4. The first kappa shape index (κ1) is 16.7. The minimum absolute atomic E-state index is 0.0801. The molecular formula is C16H14F2N4O3. The fraction of sp³-hybridized carbons (Fsp3) is 0.250. The van der Waals surface area contributed by atoms with Gasteiger partial charge in [-0.3, -0.25) is 4.68 Å². The van der Waals surface area contributed by atoms with Gasteiger partial charge in [0.15, 0.2) is 0 Å². The number of rotatable bonds is 6. The highest BCUT2D eigenvalue weighted by atomic mass is 19.3. The fourth-order valence-electron chi connectivity index (χ4n) is 2.26. The Morgan fingerprint density at radius 1 is 1.28 bits per heavy atom. The van der Waals surface area contributed by atoms with Crippen LogP contribution >= 0.6 is 0 Å². The van der Waals surface area contributed by atoms with E-state index < -0.39 is 18.1 Å². The van der Waals surface area contributed by atoms with E-state index in [1.54, 1.807) is 19.1 Å². The highest BCUT2D eigenvalue weighted by molar-refractivity contribution is 5.90. The SMILES string of the molecule is CCOC(=O)c1cnn(Cc2nnc(-c3ccccc3)o2)c1C(F)F. The van der Waals surface area contributed by atoms with Crippen LogP contribution in [-0.4, -0.2) is 32.6 Å². The number of aromatic nitrogens is 4. The number of ether oxygens (including phenoxy) is 1. The Kier molecular flexibility index (Phi) is 4.82. The van der Waals surface area contributed by atoms with Crippen molar-refractivity contribution in [3.05, 3.63) is 53.7 Å². The summed E-state index contributed by atoms with van der Waals surface area (Å²) < 4.78 is 37.9. The molecule has 2 aromatic heterocycles. The van der Waals surface area contributed by atoms with E-state index in [1.807, 2.05) is 18.2 Å². The molecule has 0 bridgehead atoms. The molecule has 0 unspecified atom stereocenters. The Labute approximate surface area is 141 Å². The van der Waals surface area contributed by atoms with Gasteiger partial charge in [-0.1, -0.05) is 18.2 Å². The zero-order valence-corrected chi connectivity index (χ0v) is 13.2. The van der Waals surface area contributed by atoms with Crippen molar-refractivity contribution < 1.29 is 22.7 Å². The summed E-state index contributed by atoms with van der Waals surface area (Å²) in [5.41, 5.74) is -0.111. The lowest BCUT2D eigenvalue weighted by atomic mass is 10.2. The molecule has 0 saturated carbocycles. The van der Waals surface area contributed by atoms with Gasteiger partial charge < -0.3 is 9.15 Å². The van der Waals surface area contributed by atoms with Gasteiger partial charge in [-0.2, -0.15) is 5.10 Å². The molecule has 130 valence electrons. The van der Waals surface area contributed by atoms with Crippen LogP contribution in [0.25, 0.3) is 11.5 Å². The first-order valence-electron chi connectivity index (χ1n) is 7.49. The number of halogens is 2. The largest absolute Gasteiger partial charge is 0.462 e. The van der Waals surface area contributed by atoms with Gasteiger partial charge in [0.2, 0.25) is 11.8 Å². The van der Waals surface area contributed by atoms with E-state index in [9.17, 15) is 13.6 Å². The van der Waals surface area contributed by atoms with Gasteiger partial charge in [-0.05, 0) is 19.1 Å². The molecule has 0 fully saturated rings. The van der Waals surface area contributed by atoms with E-state index in [4.69, 9.17) is 9.15 Å². The molecule has 0 saturated heterocycles. The Morgan fingerprint density at radius 2 is 2.04 bits per heavy atom. The van der Waals surface area contributed by atoms with Crippen molar-refractivity contribution in [2.75, 3.05) is 6.61 Å². The lowest BCUT2D eigenvalue weighted by molar-refractivity contribution is 0.0513. The van der Waals surface area contributed by atoms with Crippen LogP contribution in [0.5, 0.6) is 0 Å².